The molecule has 0 amide bonds. The Morgan fingerprint density at radius 3 is 3.42 bits per heavy atom. The molecule has 1 aromatic rings. The molecule has 0 aliphatic carbocycles. The summed E-state index contributed by atoms with van der Waals surface area (Å²) in [5.74, 6) is 0. The van der Waals surface area contributed by atoms with Crippen molar-refractivity contribution in [2.45, 2.75) is 26.4 Å². The molecule has 0 saturated heterocycles. The second-order valence-corrected chi connectivity index (χ2v) is 3.84. The highest BCUT2D eigenvalue weighted by molar-refractivity contribution is 9.11. The lowest BCUT2D eigenvalue weighted by Gasteiger charge is -1.93. The number of nitrogens with zero attached hydrogens (tertiary/aromatic N) is 1. The summed E-state index contributed by atoms with van der Waals surface area (Å²) in [6.07, 6.45) is -6.39. The standard InChI is InChI=1S/C8H12BrNOS/c1-3-5-6-7(9)12-8(10-6)11-4-2/h3-5H2,1-2H3/i1D3,2D3,3D2,4D2,5D2. The van der Waals surface area contributed by atoms with Gasteiger partial charge in [-0.15, -0.1) is 0 Å². The van der Waals surface area contributed by atoms with Crippen LogP contribution in [0.3, 0.4) is 0 Å². The van der Waals surface area contributed by atoms with Gasteiger partial charge in [0.1, 0.15) is 0 Å². The summed E-state index contributed by atoms with van der Waals surface area (Å²) in [4.78, 5) is 3.55. The minimum Gasteiger partial charge on any atom is -0.470 e. The fourth-order valence-corrected chi connectivity index (χ4v) is 1.68. The molecule has 1 aromatic heterocycles. The third-order valence-electron chi connectivity index (χ3n) is 0.885. The van der Waals surface area contributed by atoms with E-state index in [1.807, 2.05) is 0 Å². The van der Waals surface area contributed by atoms with E-state index < -0.39 is 43.9 Å². The average molecular weight is 262 g/mol. The van der Waals surface area contributed by atoms with E-state index in [1.165, 1.54) is 0 Å². The van der Waals surface area contributed by atoms with Crippen LogP contribution in [0.5, 0.6) is 5.19 Å². The summed E-state index contributed by atoms with van der Waals surface area (Å²) in [6.45, 7) is -9.55. The first-order valence-corrected chi connectivity index (χ1v) is 4.31. The van der Waals surface area contributed by atoms with E-state index in [2.05, 4.69) is 25.7 Å². The normalized spacial score (nSPS) is 30.8. The molecule has 12 heavy (non-hydrogen) atoms. The highest BCUT2D eigenvalue weighted by atomic mass is 79.9. The van der Waals surface area contributed by atoms with Crippen molar-refractivity contribution >= 4 is 27.3 Å². The van der Waals surface area contributed by atoms with Gasteiger partial charge >= 0.3 is 0 Å². The number of hydrogen-bond donors (Lipinski definition) is 0. The SMILES string of the molecule is [2H]C([2H])([2H])C([2H])([2H])Oc1nc(C([2H])([2H])C([2H])([2H])C([2H])([2H])[2H])c(Br)s1. The van der Waals surface area contributed by atoms with Crippen molar-refractivity contribution in [2.24, 2.45) is 0 Å². The van der Waals surface area contributed by atoms with Crippen LogP contribution < -0.4 is 4.74 Å². The molecule has 0 aliphatic rings. The van der Waals surface area contributed by atoms with Crippen molar-refractivity contribution in [3.8, 4) is 5.19 Å². The van der Waals surface area contributed by atoms with Crippen LogP contribution >= 0.6 is 27.3 Å². The number of aryl methyl sites for hydroxylation is 1. The van der Waals surface area contributed by atoms with Gasteiger partial charge < -0.3 is 4.74 Å². The second kappa shape index (κ2) is 4.82. The zero-order valence-electron chi connectivity index (χ0n) is 17.6. The number of thiazole rings is 1. The summed E-state index contributed by atoms with van der Waals surface area (Å²) >= 11 is 3.41. The van der Waals surface area contributed by atoms with Crippen LogP contribution in [0.2, 0.25) is 0 Å². The van der Waals surface area contributed by atoms with Gasteiger partial charge in [0.15, 0.2) is 0 Å². The molecule has 0 aliphatic heterocycles. The Morgan fingerprint density at radius 1 is 1.75 bits per heavy atom. The van der Waals surface area contributed by atoms with Crippen molar-refractivity contribution in [1.29, 1.82) is 0 Å². The van der Waals surface area contributed by atoms with E-state index in [0.29, 0.717) is 11.3 Å². The molecule has 2 nitrogen and oxygen atoms in total. The van der Waals surface area contributed by atoms with E-state index in [9.17, 15) is 0 Å². The van der Waals surface area contributed by atoms with E-state index in [-0.39, 0.29) is 3.79 Å². The monoisotopic (exact) mass is 261 g/mol. The van der Waals surface area contributed by atoms with Crippen LogP contribution in [0.4, 0.5) is 0 Å². The molecule has 0 radical (unpaired) electrons. The molecule has 0 saturated carbocycles. The molecule has 0 N–H and O–H groups in total. The minimum atomic E-state index is -3.31. The van der Waals surface area contributed by atoms with Gasteiger partial charge in [0.2, 0.25) is 0 Å². The molecule has 0 spiro atoms. The number of ether oxygens (including phenoxy) is 1. The van der Waals surface area contributed by atoms with Gasteiger partial charge in [-0.05, 0) is 29.2 Å². The van der Waals surface area contributed by atoms with Gasteiger partial charge in [0, 0.05) is 13.7 Å². The van der Waals surface area contributed by atoms with E-state index in [0.717, 1.165) is 0 Å². The molecular formula is C8H12BrNOS. The lowest BCUT2D eigenvalue weighted by atomic mass is 10.3. The summed E-state index contributed by atoms with van der Waals surface area (Å²) in [5, 5.41) is -0.580. The van der Waals surface area contributed by atoms with Crippen molar-refractivity contribution in [2.75, 3.05) is 6.56 Å². The largest absolute Gasteiger partial charge is 0.470 e. The number of aromatic nitrogens is 1. The zero-order chi connectivity index (χ0) is 19.4. The first-order valence-electron chi connectivity index (χ1n) is 8.70. The third-order valence-corrected chi connectivity index (χ3v) is 2.47. The molecule has 1 heterocycles. The maximum Gasteiger partial charge on any atom is 0.274 e. The molecule has 0 aromatic carbocycles. The number of rotatable bonds is 4. The molecule has 0 atom stereocenters. The quantitative estimate of drug-likeness (QED) is 0.831. The van der Waals surface area contributed by atoms with Crippen molar-refractivity contribution < 1.29 is 21.2 Å². The van der Waals surface area contributed by atoms with Crippen LogP contribution in [0.15, 0.2) is 3.79 Å². The summed E-state index contributed by atoms with van der Waals surface area (Å²) in [6, 6.07) is 0. The summed E-state index contributed by atoms with van der Waals surface area (Å²) in [5.41, 5.74) is -0.662. The Hall–Kier alpha value is -0.0900. The van der Waals surface area contributed by atoms with Gasteiger partial charge in [-0.2, -0.15) is 0 Å². The van der Waals surface area contributed by atoms with Gasteiger partial charge in [-0.1, -0.05) is 24.6 Å². The topological polar surface area (TPSA) is 22.1 Å². The van der Waals surface area contributed by atoms with E-state index in [1.54, 1.807) is 0 Å². The predicted molar refractivity (Wildman–Crippen MR) is 55.0 cm³/mol. The van der Waals surface area contributed by atoms with Crippen molar-refractivity contribution in [1.82, 2.24) is 4.98 Å². The summed E-state index contributed by atoms with van der Waals surface area (Å²) in [7, 11) is 0. The van der Waals surface area contributed by atoms with Crippen LogP contribution in [-0.4, -0.2) is 11.5 Å². The van der Waals surface area contributed by atoms with Crippen LogP contribution in [0.1, 0.15) is 42.2 Å². The molecule has 0 bridgehead atoms. The molecule has 4 heteroatoms. The van der Waals surface area contributed by atoms with Crippen molar-refractivity contribution in [3.63, 3.8) is 0 Å². The zero-order valence-corrected chi connectivity index (χ0v) is 8.04. The van der Waals surface area contributed by atoms with Gasteiger partial charge in [0.25, 0.3) is 5.19 Å². The third kappa shape index (κ3) is 2.45. The highest BCUT2D eigenvalue weighted by Crippen LogP contribution is 2.30. The molecule has 0 fully saturated rings. The lowest BCUT2D eigenvalue weighted by Crippen LogP contribution is -1.91. The van der Waals surface area contributed by atoms with Crippen LogP contribution in [0.25, 0.3) is 0 Å². The Balaban J connectivity index is 3.29. The molecule has 1 rings (SSSR count). The molecular weight excluding hydrogens is 238 g/mol. The number of hydrogen-bond acceptors (Lipinski definition) is 3. The lowest BCUT2D eigenvalue weighted by molar-refractivity contribution is 0.337. The number of halogens is 1. The Kier molecular flexibility index (Phi) is 0.996. The van der Waals surface area contributed by atoms with Crippen LogP contribution in [0, 0.1) is 0 Å². The predicted octanol–water partition coefficient (Wildman–Crippen LogP) is 3.26. The van der Waals surface area contributed by atoms with E-state index >= 15 is 0 Å². The van der Waals surface area contributed by atoms with Crippen molar-refractivity contribution in [3.05, 3.63) is 9.48 Å². The van der Waals surface area contributed by atoms with E-state index in [4.69, 9.17) is 16.4 Å². The van der Waals surface area contributed by atoms with Gasteiger partial charge in [-0.25, -0.2) is 4.98 Å². The van der Waals surface area contributed by atoms with Crippen LogP contribution in [-0.2, 0) is 6.37 Å². The maximum absolute atomic E-state index is 7.82. The fraction of sp³-hybridized carbons (Fsp3) is 0.625. The van der Waals surface area contributed by atoms with Gasteiger partial charge in [0.05, 0.1) is 18.8 Å². The smallest absolute Gasteiger partial charge is 0.274 e. The first kappa shape index (κ1) is 2.48. The highest BCUT2D eigenvalue weighted by Gasteiger charge is 2.07. The Morgan fingerprint density at radius 2 is 2.67 bits per heavy atom. The maximum atomic E-state index is 7.82. The minimum absolute atomic E-state index is 0.142. The second-order valence-electron chi connectivity index (χ2n) is 1.56. The first-order chi connectivity index (χ1) is 10.3. The molecule has 0 unspecified atom stereocenters. The van der Waals surface area contributed by atoms with Gasteiger partial charge in [-0.3, -0.25) is 0 Å². The fourth-order valence-electron chi connectivity index (χ4n) is 0.507. The Labute approximate surface area is 102 Å². The summed E-state index contributed by atoms with van der Waals surface area (Å²) < 4.78 is 92.6. The average Bonchev–Trinajstić information content (AvgIpc) is 2.66. The molecule has 68 valence electrons. The Bertz CT molecular complexity index is 605.